The lowest BCUT2D eigenvalue weighted by molar-refractivity contribution is 0.0933. The minimum atomic E-state index is -3.43. The van der Waals surface area contributed by atoms with Crippen molar-refractivity contribution < 1.29 is 13.2 Å². The van der Waals surface area contributed by atoms with E-state index in [0.29, 0.717) is 0 Å². The van der Waals surface area contributed by atoms with Gasteiger partial charge in [0.15, 0.2) is 9.84 Å². The van der Waals surface area contributed by atoms with Gasteiger partial charge in [-0.05, 0) is 36.1 Å². The fourth-order valence-electron chi connectivity index (χ4n) is 2.92. The molecule has 0 heterocycles. The smallest absolute Gasteiger partial charge is 0.253 e. The minimum Gasteiger partial charge on any atom is -0.345 e. The molecule has 0 saturated carbocycles. The largest absolute Gasteiger partial charge is 0.345 e. The zero-order valence-electron chi connectivity index (χ0n) is 12.2. The van der Waals surface area contributed by atoms with Crippen LogP contribution in [0.1, 0.15) is 33.9 Å². The first-order valence-corrected chi connectivity index (χ1v) is 9.04. The van der Waals surface area contributed by atoms with E-state index >= 15 is 0 Å². The van der Waals surface area contributed by atoms with Crippen molar-refractivity contribution in [3.63, 3.8) is 0 Å². The predicted molar refractivity (Wildman–Crippen MR) is 84.5 cm³/mol. The summed E-state index contributed by atoms with van der Waals surface area (Å²) in [5.41, 5.74) is 2.56. The second kappa shape index (κ2) is 5.57. The van der Waals surface area contributed by atoms with Crippen LogP contribution in [0.25, 0.3) is 0 Å². The van der Waals surface area contributed by atoms with E-state index in [1.165, 1.54) is 11.6 Å². The summed E-state index contributed by atoms with van der Waals surface area (Å²) in [6, 6.07) is 14.3. The standard InChI is InChI=1S/C17H17NO3S/c1-22(20,21)16-9-5-4-8-14(16)17(19)18-15-11-10-12-6-2-3-7-13(12)15/h2-9,15H,10-11H2,1H3,(H,18,19)/t15-/m0/s1. The van der Waals surface area contributed by atoms with Gasteiger partial charge in [0.05, 0.1) is 16.5 Å². The average molecular weight is 315 g/mol. The Morgan fingerprint density at radius 3 is 2.55 bits per heavy atom. The predicted octanol–water partition coefficient (Wildman–Crippen LogP) is 2.51. The maximum Gasteiger partial charge on any atom is 0.253 e. The van der Waals surface area contributed by atoms with Crippen molar-refractivity contribution in [3.8, 4) is 0 Å². The summed E-state index contributed by atoms with van der Waals surface area (Å²) >= 11 is 0. The number of hydrogen-bond donors (Lipinski definition) is 1. The van der Waals surface area contributed by atoms with Crippen LogP contribution in [-0.4, -0.2) is 20.6 Å². The van der Waals surface area contributed by atoms with Crippen molar-refractivity contribution in [1.82, 2.24) is 5.32 Å². The van der Waals surface area contributed by atoms with Crippen molar-refractivity contribution in [1.29, 1.82) is 0 Å². The molecule has 114 valence electrons. The van der Waals surface area contributed by atoms with Gasteiger partial charge in [0.1, 0.15) is 0 Å². The van der Waals surface area contributed by atoms with Crippen LogP contribution in [0.4, 0.5) is 0 Å². The van der Waals surface area contributed by atoms with E-state index in [-0.39, 0.29) is 22.4 Å². The van der Waals surface area contributed by atoms with Crippen molar-refractivity contribution in [2.24, 2.45) is 0 Å². The zero-order valence-corrected chi connectivity index (χ0v) is 13.1. The molecule has 0 bridgehead atoms. The van der Waals surface area contributed by atoms with Crippen molar-refractivity contribution in [2.45, 2.75) is 23.8 Å². The Kier molecular flexibility index (Phi) is 3.74. The monoisotopic (exact) mass is 315 g/mol. The first kappa shape index (κ1) is 14.8. The van der Waals surface area contributed by atoms with Crippen LogP contribution in [-0.2, 0) is 16.3 Å². The molecule has 0 unspecified atom stereocenters. The second-order valence-electron chi connectivity index (χ2n) is 5.53. The van der Waals surface area contributed by atoms with Gasteiger partial charge in [0.25, 0.3) is 5.91 Å². The Labute approximate surface area is 130 Å². The highest BCUT2D eigenvalue weighted by Gasteiger charge is 2.25. The van der Waals surface area contributed by atoms with Gasteiger partial charge >= 0.3 is 0 Å². The Morgan fingerprint density at radius 1 is 1.09 bits per heavy atom. The average Bonchev–Trinajstić information content (AvgIpc) is 2.90. The summed E-state index contributed by atoms with van der Waals surface area (Å²) in [6.07, 6.45) is 2.88. The summed E-state index contributed by atoms with van der Waals surface area (Å²) < 4.78 is 23.6. The highest BCUT2D eigenvalue weighted by Crippen LogP contribution is 2.31. The van der Waals surface area contributed by atoms with Crippen LogP contribution >= 0.6 is 0 Å². The van der Waals surface area contributed by atoms with Crippen molar-refractivity contribution in [2.75, 3.05) is 6.26 Å². The number of sulfone groups is 1. The van der Waals surface area contributed by atoms with Crippen molar-refractivity contribution >= 4 is 15.7 Å². The van der Waals surface area contributed by atoms with Gasteiger partial charge < -0.3 is 5.32 Å². The highest BCUT2D eigenvalue weighted by molar-refractivity contribution is 7.90. The molecule has 1 N–H and O–H groups in total. The van der Waals surface area contributed by atoms with Crippen LogP contribution in [0.3, 0.4) is 0 Å². The number of benzene rings is 2. The molecule has 5 heteroatoms. The van der Waals surface area contributed by atoms with Crippen LogP contribution in [0, 0.1) is 0 Å². The van der Waals surface area contributed by atoms with Gasteiger partial charge in [-0.25, -0.2) is 8.42 Å². The topological polar surface area (TPSA) is 63.2 Å². The quantitative estimate of drug-likeness (QED) is 0.946. The van der Waals surface area contributed by atoms with Crippen molar-refractivity contribution in [3.05, 3.63) is 65.2 Å². The summed E-state index contributed by atoms with van der Waals surface area (Å²) in [5.74, 6) is -0.345. The molecule has 0 aliphatic heterocycles. The van der Waals surface area contributed by atoms with Gasteiger partial charge in [0, 0.05) is 6.26 Å². The molecule has 0 fully saturated rings. The molecule has 1 aliphatic rings. The summed E-state index contributed by atoms with van der Waals surface area (Å²) in [5, 5.41) is 2.96. The van der Waals surface area contributed by atoms with E-state index in [0.717, 1.165) is 24.7 Å². The third kappa shape index (κ3) is 2.76. The number of amides is 1. The van der Waals surface area contributed by atoms with E-state index in [4.69, 9.17) is 0 Å². The minimum absolute atomic E-state index is 0.0590. The Balaban J connectivity index is 1.88. The molecule has 1 aliphatic carbocycles. The maximum absolute atomic E-state index is 12.5. The molecule has 2 aromatic rings. The lowest BCUT2D eigenvalue weighted by Crippen LogP contribution is -2.28. The normalized spacial score (nSPS) is 17.0. The summed E-state index contributed by atoms with van der Waals surface area (Å²) in [7, 11) is -3.43. The van der Waals surface area contributed by atoms with Gasteiger partial charge in [-0.1, -0.05) is 36.4 Å². The number of hydrogen-bond acceptors (Lipinski definition) is 3. The second-order valence-corrected chi connectivity index (χ2v) is 7.52. The maximum atomic E-state index is 12.5. The lowest BCUT2D eigenvalue weighted by Gasteiger charge is -2.15. The first-order chi connectivity index (χ1) is 10.5. The summed E-state index contributed by atoms with van der Waals surface area (Å²) in [6.45, 7) is 0. The molecule has 0 saturated heterocycles. The number of nitrogens with one attached hydrogen (secondary N) is 1. The molecule has 2 aromatic carbocycles. The van der Waals surface area contributed by atoms with Gasteiger partial charge in [0.2, 0.25) is 0 Å². The number of fused-ring (bicyclic) bond motifs is 1. The molecular weight excluding hydrogens is 298 g/mol. The van der Waals surface area contributed by atoms with Crippen LogP contribution in [0.15, 0.2) is 53.4 Å². The Bertz CT molecular complexity index is 827. The van der Waals surface area contributed by atoms with E-state index < -0.39 is 9.84 Å². The summed E-state index contributed by atoms with van der Waals surface area (Å²) in [4.78, 5) is 12.6. The van der Waals surface area contributed by atoms with Gasteiger partial charge in [-0.3, -0.25) is 4.79 Å². The third-order valence-electron chi connectivity index (χ3n) is 3.97. The van der Waals surface area contributed by atoms with Crippen LogP contribution in [0.5, 0.6) is 0 Å². The molecule has 22 heavy (non-hydrogen) atoms. The number of carbonyl (C=O) groups is 1. The number of carbonyl (C=O) groups excluding carboxylic acids is 1. The molecule has 4 nitrogen and oxygen atoms in total. The van der Waals surface area contributed by atoms with E-state index in [9.17, 15) is 13.2 Å². The SMILES string of the molecule is CS(=O)(=O)c1ccccc1C(=O)N[C@H]1CCc2ccccc21. The first-order valence-electron chi connectivity index (χ1n) is 7.14. The van der Waals surface area contributed by atoms with E-state index in [2.05, 4.69) is 11.4 Å². The Hall–Kier alpha value is -2.14. The number of aryl methyl sites for hydroxylation is 1. The zero-order chi connectivity index (χ0) is 15.7. The van der Waals surface area contributed by atoms with Crippen LogP contribution < -0.4 is 5.32 Å². The van der Waals surface area contributed by atoms with Gasteiger partial charge in [-0.2, -0.15) is 0 Å². The van der Waals surface area contributed by atoms with E-state index in [1.54, 1.807) is 18.2 Å². The van der Waals surface area contributed by atoms with E-state index in [1.807, 2.05) is 18.2 Å². The third-order valence-corrected chi connectivity index (χ3v) is 5.12. The van der Waals surface area contributed by atoms with Crippen LogP contribution in [0.2, 0.25) is 0 Å². The molecule has 3 rings (SSSR count). The molecular formula is C17H17NO3S. The highest BCUT2D eigenvalue weighted by atomic mass is 32.2. The molecule has 0 aromatic heterocycles. The van der Waals surface area contributed by atoms with Gasteiger partial charge in [-0.15, -0.1) is 0 Å². The molecule has 1 amide bonds. The fraction of sp³-hybridized carbons (Fsp3) is 0.235. The lowest BCUT2D eigenvalue weighted by atomic mass is 10.1. The fourth-order valence-corrected chi connectivity index (χ4v) is 3.81. The molecule has 0 radical (unpaired) electrons. The molecule has 0 spiro atoms. The molecule has 1 atom stereocenters. The Morgan fingerprint density at radius 2 is 1.77 bits per heavy atom. The number of rotatable bonds is 3.